The third kappa shape index (κ3) is 3.52. The molecule has 0 spiro atoms. The highest BCUT2D eigenvalue weighted by atomic mass is 32.2. The molecular weight excluding hydrogens is 356 g/mol. The van der Waals surface area contributed by atoms with Gasteiger partial charge in [-0.1, -0.05) is 18.2 Å². The van der Waals surface area contributed by atoms with Gasteiger partial charge in [0.25, 0.3) is 0 Å². The van der Waals surface area contributed by atoms with Crippen LogP contribution in [0, 0.1) is 0 Å². The first kappa shape index (κ1) is 17.6. The van der Waals surface area contributed by atoms with Crippen LogP contribution in [-0.2, 0) is 16.4 Å². The van der Waals surface area contributed by atoms with Crippen LogP contribution < -0.4 is 0 Å². The number of hydrogen-bond acceptors (Lipinski definition) is 8. The SMILES string of the molecule is O=S1(=O)CC2C(C1)N(Cc1nnc(-c3ccccc3)o1)CCN2CCO. The summed E-state index contributed by atoms with van der Waals surface area (Å²) >= 11 is 0. The van der Waals surface area contributed by atoms with E-state index in [4.69, 9.17) is 4.42 Å². The Hall–Kier alpha value is -1.81. The van der Waals surface area contributed by atoms with E-state index in [-0.39, 0.29) is 30.2 Å². The second-order valence-corrected chi connectivity index (χ2v) is 8.96. The molecule has 1 aromatic carbocycles. The van der Waals surface area contributed by atoms with Crippen LogP contribution in [0.4, 0.5) is 0 Å². The average molecular weight is 378 g/mol. The molecule has 9 heteroatoms. The van der Waals surface area contributed by atoms with Crippen molar-refractivity contribution in [2.24, 2.45) is 0 Å². The largest absolute Gasteiger partial charge is 0.419 e. The van der Waals surface area contributed by atoms with Gasteiger partial charge in [0.05, 0.1) is 24.7 Å². The highest BCUT2D eigenvalue weighted by Crippen LogP contribution is 2.28. The second kappa shape index (κ2) is 7.07. The summed E-state index contributed by atoms with van der Waals surface area (Å²) in [4.78, 5) is 4.19. The van der Waals surface area contributed by atoms with Crippen LogP contribution in [0.5, 0.6) is 0 Å². The maximum Gasteiger partial charge on any atom is 0.247 e. The number of rotatable bonds is 5. The number of piperazine rings is 1. The summed E-state index contributed by atoms with van der Waals surface area (Å²) in [6.07, 6.45) is 0. The van der Waals surface area contributed by atoms with Gasteiger partial charge in [-0.2, -0.15) is 0 Å². The Morgan fingerprint density at radius 3 is 2.50 bits per heavy atom. The van der Waals surface area contributed by atoms with E-state index >= 15 is 0 Å². The molecule has 2 saturated heterocycles. The number of β-amino-alcohol motifs (C(OH)–C–C–N with tert-alkyl or cyclic N) is 1. The quantitative estimate of drug-likeness (QED) is 0.777. The van der Waals surface area contributed by atoms with Crippen LogP contribution in [0.2, 0.25) is 0 Å². The molecule has 2 unspecified atom stereocenters. The van der Waals surface area contributed by atoms with E-state index in [9.17, 15) is 13.5 Å². The van der Waals surface area contributed by atoms with Gasteiger partial charge in [-0.25, -0.2) is 8.42 Å². The van der Waals surface area contributed by atoms with Crippen molar-refractivity contribution in [3.05, 3.63) is 36.2 Å². The summed E-state index contributed by atoms with van der Waals surface area (Å²) in [5.74, 6) is 1.24. The van der Waals surface area contributed by atoms with E-state index < -0.39 is 9.84 Å². The minimum atomic E-state index is -3.07. The van der Waals surface area contributed by atoms with Gasteiger partial charge < -0.3 is 9.52 Å². The number of aromatic nitrogens is 2. The van der Waals surface area contributed by atoms with Gasteiger partial charge in [0.1, 0.15) is 0 Å². The van der Waals surface area contributed by atoms with E-state index in [2.05, 4.69) is 20.0 Å². The van der Waals surface area contributed by atoms with Crippen LogP contribution >= 0.6 is 0 Å². The molecule has 0 aliphatic carbocycles. The van der Waals surface area contributed by atoms with E-state index in [1.54, 1.807) is 0 Å². The number of hydrogen-bond donors (Lipinski definition) is 1. The van der Waals surface area contributed by atoms with E-state index in [0.29, 0.717) is 31.4 Å². The molecule has 140 valence electrons. The Morgan fingerprint density at radius 1 is 1.08 bits per heavy atom. The molecule has 0 amide bonds. The molecule has 2 fully saturated rings. The standard InChI is InChI=1S/C17H22N4O4S/c22-9-8-20-6-7-21(15-12-26(23,24)11-14(15)20)10-16-18-19-17(25-16)13-4-2-1-3-5-13/h1-5,14-15,22H,6-12H2. The molecule has 1 N–H and O–H groups in total. The van der Waals surface area contributed by atoms with Crippen LogP contribution in [0.15, 0.2) is 34.7 Å². The molecule has 2 aliphatic heterocycles. The fourth-order valence-electron chi connectivity index (χ4n) is 3.89. The summed E-state index contributed by atoms with van der Waals surface area (Å²) < 4.78 is 30.1. The predicted octanol–water partition coefficient (Wildman–Crippen LogP) is 0.0121. The normalized spacial score (nSPS) is 26.0. The molecule has 2 aromatic rings. The lowest BCUT2D eigenvalue weighted by molar-refractivity contribution is 0.0265. The fraction of sp³-hybridized carbons (Fsp3) is 0.529. The number of nitrogens with zero attached hydrogens (tertiary/aromatic N) is 4. The molecule has 4 rings (SSSR count). The van der Waals surface area contributed by atoms with Crippen LogP contribution in [-0.4, -0.2) is 83.4 Å². The maximum absolute atomic E-state index is 12.2. The van der Waals surface area contributed by atoms with Gasteiger partial charge in [0.2, 0.25) is 11.8 Å². The van der Waals surface area contributed by atoms with E-state index in [1.165, 1.54) is 0 Å². The van der Waals surface area contributed by atoms with Gasteiger partial charge in [-0.3, -0.25) is 9.80 Å². The van der Waals surface area contributed by atoms with Gasteiger partial charge in [-0.15, -0.1) is 10.2 Å². The number of fused-ring (bicyclic) bond motifs is 1. The zero-order valence-corrected chi connectivity index (χ0v) is 15.2. The van der Waals surface area contributed by atoms with Crippen molar-refractivity contribution in [3.8, 4) is 11.5 Å². The van der Waals surface area contributed by atoms with Crippen LogP contribution in [0.3, 0.4) is 0 Å². The minimum Gasteiger partial charge on any atom is -0.419 e. The molecule has 0 saturated carbocycles. The first-order valence-corrected chi connectivity index (χ1v) is 10.5. The van der Waals surface area contributed by atoms with Gasteiger partial charge in [0, 0.05) is 37.3 Å². The minimum absolute atomic E-state index is 0.0351. The van der Waals surface area contributed by atoms with Crippen LogP contribution in [0.25, 0.3) is 11.5 Å². The Bertz CT molecular complexity index is 855. The number of aliphatic hydroxyl groups is 1. The molecule has 8 nitrogen and oxygen atoms in total. The maximum atomic E-state index is 12.2. The fourth-order valence-corrected chi connectivity index (χ4v) is 5.93. The van der Waals surface area contributed by atoms with Crippen molar-refractivity contribution in [1.82, 2.24) is 20.0 Å². The van der Waals surface area contributed by atoms with Crippen molar-refractivity contribution in [1.29, 1.82) is 0 Å². The van der Waals surface area contributed by atoms with Gasteiger partial charge in [0.15, 0.2) is 9.84 Å². The molecule has 26 heavy (non-hydrogen) atoms. The average Bonchev–Trinajstić information content (AvgIpc) is 3.22. The van der Waals surface area contributed by atoms with Crippen molar-refractivity contribution in [2.75, 3.05) is 37.7 Å². The molecular formula is C17H22N4O4S. The van der Waals surface area contributed by atoms with Crippen molar-refractivity contribution in [3.63, 3.8) is 0 Å². The van der Waals surface area contributed by atoms with Crippen molar-refractivity contribution >= 4 is 9.84 Å². The molecule has 3 heterocycles. The first-order valence-electron chi connectivity index (χ1n) is 8.73. The molecule has 1 aromatic heterocycles. The Labute approximate surface area is 152 Å². The third-order valence-electron chi connectivity index (χ3n) is 5.12. The Kier molecular flexibility index (Phi) is 4.78. The second-order valence-electron chi connectivity index (χ2n) is 6.81. The highest BCUT2D eigenvalue weighted by molar-refractivity contribution is 7.91. The van der Waals surface area contributed by atoms with Crippen LogP contribution in [0.1, 0.15) is 5.89 Å². The Morgan fingerprint density at radius 2 is 1.77 bits per heavy atom. The zero-order chi connectivity index (χ0) is 18.1. The van der Waals surface area contributed by atoms with Crippen molar-refractivity contribution in [2.45, 2.75) is 18.6 Å². The monoisotopic (exact) mass is 378 g/mol. The summed E-state index contributed by atoms with van der Waals surface area (Å²) in [6.45, 7) is 2.40. The third-order valence-corrected chi connectivity index (χ3v) is 6.82. The lowest BCUT2D eigenvalue weighted by Gasteiger charge is -2.43. The number of aliphatic hydroxyl groups excluding tert-OH is 1. The summed E-state index contributed by atoms with van der Waals surface area (Å²) in [7, 11) is -3.07. The number of sulfone groups is 1. The topological polar surface area (TPSA) is 99.8 Å². The van der Waals surface area contributed by atoms with E-state index in [1.807, 2.05) is 30.3 Å². The predicted molar refractivity (Wildman–Crippen MR) is 95.0 cm³/mol. The highest BCUT2D eigenvalue weighted by Gasteiger charge is 2.46. The molecule has 2 aliphatic rings. The zero-order valence-electron chi connectivity index (χ0n) is 14.4. The number of benzene rings is 1. The van der Waals surface area contributed by atoms with Gasteiger partial charge >= 0.3 is 0 Å². The summed E-state index contributed by atoms with van der Waals surface area (Å²) in [5, 5.41) is 17.5. The molecule has 2 atom stereocenters. The Balaban J connectivity index is 1.51. The molecule has 0 radical (unpaired) electrons. The molecule has 0 bridgehead atoms. The smallest absolute Gasteiger partial charge is 0.247 e. The van der Waals surface area contributed by atoms with E-state index in [0.717, 1.165) is 12.1 Å². The lowest BCUT2D eigenvalue weighted by atomic mass is 10.0. The summed E-state index contributed by atoms with van der Waals surface area (Å²) in [5.41, 5.74) is 0.861. The lowest BCUT2D eigenvalue weighted by Crippen LogP contribution is -2.59. The first-order chi connectivity index (χ1) is 12.6. The summed E-state index contributed by atoms with van der Waals surface area (Å²) in [6, 6.07) is 9.37. The van der Waals surface area contributed by atoms with Crippen molar-refractivity contribution < 1.29 is 17.9 Å². The van der Waals surface area contributed by atoms with Gasteiger partial charge in [-0.05, 0) is 12.1 Å².